The number of aliphatic imine (C=N–C) groups is 2. The summed E-state index contributed by atoms with van der Waals surface area (Å²) >= 11 is 5.89. The van der Waals surface area contributed by atoms with Crippen molar-refractivity contribution in [1.82, 2.24) is 4.90 Å². The molecule has 0 saturated carbocycles. The van der Waals surface area contributed by atoms with Crippen molar-refractivity contribution < 1.29 is 0 Å². The van der Waals surface area contributed by atoms with E-state index >= 15 is 0 Å². The fraction of sp³-hybridized carbons (Fsp3) is 0.385. The third-order valence-electron chi connectivity index (χ3n) is 3.37. The molecule has 5 nitrogen and oxygen atoms in total. The van der Waals surface area contributed by atoms with Crippen LogP contribution in [0.3, 0.4) is 0 Å². The van der Waals surface area contributed by atoms with Crippen LogP contribution in [0.2, 0.25) is 5.02 Å². The van der Waals surface area contributed by atoms with Gasteiger partial charge in [0, 0.05) is 11.6 Å². The molecule has 110 valence electrons. The molecular formula is C13H19Cl2N5. The minimum absolute atomic E-state index is 0. The predicted octanol–water partition coefficient (Wildman–Crippen LogP) is 2.33. The van der Waals surface area contributed by atoms with E-state index in [-0.39, 0.29) is 18.4 Å². The first kappa shape index (κ1) is 16.6. The molecule has 0 fully saturated rings. The fourth-order valence-corrected chi connectivity index (χ4v) is 2.18. The number of benzene rings is 1. The molecule has 1 atom stereocenters. The van der Waals surface area contributed by atoms with Crippen LogP contribution in [0.1, 0.15) is 25.8 Å². The molecule has 1 unspecified atom stereocenters. The topological polar surface area (TPSA) is 80.0 Å². The highest BCUT2D eigenvalue weighted by Crippen LogP contribution is 2.26. The van der Waals surface area contributed by atoms with Crippen molar-refractivity contribution in [3.8, 4) is 0 Å². The summed E-state index contributed by atoms with van der Waals surface area (Å²) in [6, 6.07) is 7.64. The second kappa shape index (κ2) is 6.33. The van der Waals surface area contributed by atoms with Gasteiger partial charge in [0.25, 0.3) is 0 Å². The number of rotatable bonds is 3. The Morgan fingerprint density at radius 3 is 2.40 bits per heavy atom. The average Bonchev–Trinajstić information content (AvgIpc) is 2.36. The molecule has 0 saturated heterocycles. The number of nitrogens with zero attached hydrogens (tertiary/aromatic N) is 3. The smallest absolute Gasteiger partial charge is 0.220 e. The minimum Gasteiger partial charge on any atom is -0.369 e. The van der Waals surface area contributed by atoms with Crippen molar-refractivity contribution in [2.24, 2.45) is 21.5 Å². The second-order valence-electron chi connectivity index (χ2n) is 4.72. The molecule has 2 rings (SSSR count). The highest BCUT2D eigenvalue weighted by Gasteiger charge is 2.34. The predicted molar refractivity (Wildman–Crippen MR) is 86.2 cm³/mol. The van der Waals surface area contributed by atoms with Gasteiger partial charge in [-0.2, -0.15) is 4.99 Å². The van der Waals surface area contributed by atoms with Crippen LogP contribution in [0.5, 0.6) is 0 Å². The number of halogens is 2. The number of guanidine groups is 2. The van der Waals surface area contributed by atoms with Gasteiger partial charge in [0.1, 0.15) is 5.66 Å². The van der Waals surface area contributed by atoms with E-state index in [2.05, 4.69) is 9.98 Å². The van der Waals surface area contributed by atoms with Crippen LogP contribution in [0.4, 0.5) is 0 Å². The van der Waals surface area contributed by atoms with Crippen LogP contribution >= 0.6 is 24.0 Å². The molecule has 0 amide bonds. The molecular weight excluding hydrogens is 297 g/mol. The second-order valence-corrected chi connectivity index (χ2v) is 5.16. The number of nitrogens with two attached hydrogens (primary N) is 2. The minimum atomic E-state index is -0.463. The summed E-state index contributed by atoms with van der Waals surface area (Å²) in [6.07, 6.45) is 0.789. The largest absolute Gasteiger partial charge is 0.369 e. The lowest BCUT2D eigenvalue weighted by Gasteiger charge is -2.40. The van der Waals surface area contributed by atoms with Crippen LogP contribution in [-0.2, 0) is 6.54 Å². The Morgan fingerprint density at radius 2 is 1.85 bits per heavy atom. The maximum Gasteiger partial charge on any atom is 0.220 e. The van der Waals surface area contributed by atoms with Crippen molar-refractivity contribution >= 4 is 35.9 Å². The van der Waals surface area contributed by atoms with Crippen LogP contribution < -0.4 is 11.5 Å². The van der Waals surface area contributed by atoms with Gasteiger partial charge in [-0.25, -0.2) is 4.99 Å². The van der Waals surface area contributed by atoms with E-state index in [1.807, 2.05) is 43.0 Å². The molecule has 7 heteroatoms. The lowest BCUT2D eigenvalue weighted by molar-refractivity contribution is 0.182. The SMILES string of the molecule is CCC1(C)N=C(N)N=C(N)N1Cc1ccc(Cl)cc1.Cl. The average molecular weight is 316 g/mol. The maximum atomic E-state index is 5.99. The van der Waals surface area contributed by atoms with Gasteiger partial charge in [-0.3, -0.25) is 0 Å². The fourth-order valence-electron chi connectivity index (χ4n) is 2.05. The van der Waals surface area contributed by atoms with Crippen LogP contribution in [-0.4, -0.2) is 22.5 Å². The normalized spacial score (nSPS) is 21.9. The van der Waals surface area contributed by atoms with E-state index in [1.54, 1.807) is 0 Å². The van der Waals surface area contributed by atoms with E-state index in [9.17, 15) is 0 Å². The summed E-state index contributed by atoms with van der Waals surface area (Å²) in [7, 11) is 0. The molecule has 0 bridgehead atoms. The van der Waals surface area contributed by atoms with Crippen molar-refractivity contribution in [1.29, 1.82) is 0 Å². The van der Waals surface area contributed by atoms with Gasteiger partial charge in [-0.05, 0) is 31.0 Å². The van der Waals surface area contributed by atoms with Gasteiger partial charge >= 0.3 is 0 Å². The third kappa shape index (κ3) is 3.35. The monoisotopic (exact) mass is 315 g/mol. The summed E-state index contributed by atoms with van der Waals surface area (Å²) in [6.45, 7) is 4.66. The zero-order valence-electron chi connectivity index (χ0n) is 11.5. The first-order valence-corrected chi connectivity index (χ1v) is 6.54. The Balaban J connectivity index is 0.00000200. The molecule has 0 aromatic heterocycles. The molecule has 0 aliphatic carbocycles. The third-order valence-corrected chi connectivity index (χ3v) is 3.62. The molecule has 1 aliphatic heterocycles. The van der Waals surface area contributed by atoms with Gasteiger partial charge in [-0.1, -0.05) is 30.7 Å². The Bertz CT molecular complexity index is 526. The van der Waals surface area contributed by atoms with Crippen LogP contribution in [0.15, 0.2) is 34.3 Å². The number of hydrogen-bond acceptors (Lipinski definition) is 5. The highest BCUT2D eigenvalue weighted by molar-refractivity contribution is 6.30. The van der Waals surface area contributed by atoms with Gasteiger partial charge < -0.3 is 16.4 Å². The highest BCUT2D eigenvalue weighted by atomic mass is 35.5. The summed E-state index contributed by atoms with van der Waals surface area (Å²) < 4.78 is 0. The lowest BCUT2D eigenvalue weighted by Crippen LogP contribution is -2.54. The summed E-state index contributed by atoms with van der Waals surface area (Å²) in [5, 5.41) is 0.713. The van der Waals surface area contributed by atoms with E-state index in [1.165, 1.54) is 0 Å². The van der Waals surface area contributed by atoms with E-state index in [4.69, 9.17) is 23.1 Å². The molecule has 1 aromatic carbocycles. The van der Waals surface area contributed by atoms with Gasteiger partial charge in [0.2, 0.25) is 11.9 Å². The molecule has 1 aromatic rings. The maximum absolute atomic E-state index is 5.99. The number of hydrogen-bond donors (Lipinski definition) is 2. The quantitative estimate of drug-likeness (QED) is 0.898. The standard InChI is InChI=1S/C13H18ClN5.ClH/c1-3-13(2)18-11(15)17-12(16)19(13)8-9-4-6-10(14)7-5-9;/h4-7H,3,8H2,1-2H3,(H4,15,16,17,18);1H. The van der Waals surface area contributed by atoms with E-state index in [0.717, 1.165) is 12.0 Å². The van der Waals surface area contributed by atoms with Crippen molar-refractivity contribution in [2.75, 3.05) is 0 Å². The van der Waals surface area contributed by atoms with E-state index in [0.29, 0.717) is 17.5 Å². The van der Waals surface area contributed by atoms with Gasteiger partial charge in [0.05, 0.1) is 0 Å². The Kier molecular flexibility index (Phi) is 5.25. The Morgan fingerprint density at radius 1 is 1.25 bits per heavy atom. The lowest BCUT2D eigenvalue weighted by atomic mass is 10.1. The molecule has 1 aliphatic rings. The summed E-state index contributed by atoms with van der Waals surface area (Å²) in [5.74, 6) is 0.626. The zero-order valence-corrected chi connectivity index (χ0v) is 13.1. The molecule has 4 N–H and O–H groups in total. The Hall–Kier alpha value is -1.46. The molecule has 1 heterocycles. The van der Waals surface area contributed by atoms with Gasteiger partial charge in [-0.15, -0.1) is 12.4 Å². The van der Waals surface area contributed by atoms with Crippen molar-refractivity contribution in [3.05, 3.63) is 34.9 Å². The summed E-state index contributed by atoms with van der Waals surface area (Å²) in [4.78, 5) is 10.4. The molecule has 0 radical (unpaired) electrons. The van der Waals surface area contributed by atoms with Gasteiger partial charge in [0.15, 0.2) is 0 Å². The Labute approximate surface area is 130 Å². The van der Waals surface area contributed by atoms with Crippen LogP contribution in [0.25, 0.3) is 0 Å². The first-order chi connectivity index (χ1) is 8.94. The van der Waals surface area contributed by atoms with Crippen LogP contribution in [0, 0.1) is 0 Å². The van der Waals surface area contributed by atoms with E-state index < -0.39 is 5.66 Å². The zero-order chi connectivity index (χ0) is 14.0. The summed E-state index contributed by atoms with van der Waals surface area (Å²) in [5.41, 5.74) is 12.3. The molecule has 0 spiro atoms. The molecule has 20 heavy (non-hydrogen) atoms. The van der Waals surface area contributed by atoms with Crippen molar-refractivity contribution in [2.45, 2.75) is 32.5 Å². The van der Waals surface area contributed by atoms with Crippen molar-refractivity contribution in [3.63, 3.8) is 0 Å². The first-order valence-electron chi connectivity index (χ1n) is 6.16.